The van der Waals surface area contributed by atoms with Crippen LogP contribution in [-0.4, -0.2) is 51.8 Å². The Kier molecular flexibility index (Phi) is 7.08. The number of nitriles is 1. The first-order valence-electron chi connectivity index (χ1n) is 14.9. The average Bonchev–Trinajstić information content (AvgIpc) is 3.67. The lowest BCUT2D eigenvalue weighted by molar-refractivity contribution is 0.0697. The molecule has 2 aliphatic heterocycles. The monoisotopic (exact) mass is 614 g/mol. The Labute approximate surface area is 259 Å². The van der Waals surface area contributed by atoms with E-state index >= 15 is 0 Å². The van der Waals surface area contributed by atoms with Crippen molar-refractivity contribution in [3.05, 3.63) is 76.6 Å². The summed E-state index contributed by atoms with van der Waals surface area (Å²) in [4.78, 5) is 25.9. The molecular formula is C33H32ClFN6O3. The van der Waals surface area contributed by atoms with Crippen LogP contribution < -0.4 is 14.5 Å². The van der Waals surface area contributed by atoms with Crippen molar-refractivity contribution in [2.45, 2.75) is 45.3 Å². The highest BCUT2D eigenvalue weighted by molar-refractivity contribution is 6.30. The van der Waals surface area contributed by atoms with Gasteiger partial charge in [-0.2, -0.15) is 10.2 Å². The third kappa shape index (κ3) is 5.41. The van der Waals surface area contributed by atoms with Crippen molar-refractivity contribution in [2.75, 3.05) is 36.0 Å². The number of carboxylic acid groups (broad SMARTS) is 1. The minimum Gasteiger partial charge on any atom is -0.478 e. The van der Waals surface area contributed by atoms with E-state index < -0.39 is 11.8 Å². The number of rotatable bonds is 9. The van der Waals surface area contributed by atoms with Gasteiger partial charge in [-0.1, -0.05) is 23.7 Å². The Hall–Kier alpha value is -4.36. The molecule has 1 saturated carbocycles. The second-order valence-corrected chi connectivity index (χ2v) is 13.0. The number of anilines is 2. The summed E-state index contributed by atoms with van der Waals surface area (Å²) in [5.74, 6) is 0.786. The van der Waals surface area contributed by atoms with E-state index in [0.29, 0.717) is 29.4 Å². The molecule has 9 nitrogen and oxygen atoms in total. The molecule has 1 spiro atoms. The molecule has 7 rings (SSSR count). The van der Waals surface area contributed by atoms with Gasteiger partial charge in [0.15, 0.2) is 0 Å². The normalized spacial score (nSPS) is 18.2. The Balaban J connectivity index is 1.02. The summed E-state index contributed by atoms with van der Waals surface area (Å²) in [5, 5.41) is 19.4. The topological polar surface area (TPSA) is 108 Å². The number of carboxylic acids is 1. The predicted octanol–water partition coefficient (Wildman–Crippen LogP) is 6.30. The Morgan fingerprint density at radius 2 is 1.84 bits per heavy atom. The molecule has 2 aromatic heterocycles. The molecule has 0 bridgehead atoms. The maximum Gasteiger partial charge on any atom is 0.335 e. The number of imidazole rings is 1. The third-order valence-electron chi connectivity index (χ3n) is 9.46. The lowest BCUT2D eigenvalue weighted by Crippen LogP contribution is -2.61. The fraction of sp³-hybridized carbons (Fsp3) is 0.394. The van der Waals surface area contributed by atoms with Gasteiger partial charge in [0.05, 0.1) is 22.7 Å². The number of benzene rings is 2. The quantitative estimate of drug-likeness (QED) is 0.234. The molecule has 11 heteroatoms. The van der Waals surface area contributed by atoms with Crippen molar-refractivity contribution < 1.29 is 19.0 Å². The number of nitrogens with zero attached hydrogens (tertiary/aromatic N) is 6. The van der Waals surface area contributed by atoms with Crippen molar-refractivity contribution in [2.24, 2.45) is 10.8 Å². The molecule has 1 aliphatic carbocycles. The summed E-state index contributed by atoms with van der Waals surface area (Å²) in [5.41, 5.74) is 2.37. The summed E-state index contributed by atoms with van der Waals surface area (Å²) in [7, 11) is 0. The average molecular weight is 615 g/mol. The highest BCUT2D eigenvalue weighted by atomic mass is 35.5. The zero-order chi connectivity index (χ0) is 30.5. The predicted molar refractivity (Wildman–Crippen MR) is 165 cm³/mol. The van der Waals surface area contributed by atoms with Crippen LogP contribution in [0.1, 0.15) is 48.0 Å². The standard InChI is InChI=1S/C33H32ClFN6O3/c34-24-6-4-23(25(35)17-24)18-44-29-3-1-2-28(38-29)39-14-11-33(12-15-39)19-40(20-33)31-37-26-7-5-22(30(42)43)16-27(26)41(31)21-32(8-9-32)10-13-36/h1-7,16-17H,8-12,14-15,18-21H2,(H,42,43). The van der Waals surface area contributed by atoms with Crippen molar-refractivity contribution in [1.82, 2.24) is 14.5 Å². The molecule has 226 valence electrons. The lowest BCUT2D eigenvalue weighted by atomic mass is 9.72. The minimum absolute atomic E-state index is 0.0571. The third-order valence-corrected chi connectivity index (χ3v) is 9.70. The van der Waals surface area contributed by atoms with E-state index in [1.165, 1.54) is 6.07 Å². The van der Waals surface area contributed by atoms with E-state index in [1.807, 2.05) is 12.1 Å². The van der Waals surface area contributed by atoms with Gasteiger partial charge in [0.2, 0.25) is 11.8 Å². The highest BCUT2D eigenvalue weighted by Crippen LogP contribution is 2.52. The Morgan fingerprint density at radius 3 is 2.55 bits per heavy atom. The number of hydrogen-bond acceptors (Lipinski definition) is 7. The molecule has 4 heterocycles. The summed E-state index contributed by atoms with van der Waals surface area (Å²) < 4.78 is 22.1. The van der Waals surface area contributed by atoms with E-state index in [1.54, 1.807) is 36.4 Å². The van der Waals surface area contributed by atoms with Gasteiger partial charge in [-0.05, 0) is 62.1 Å². The number of aromatic nitrogens is 3. The molecule has 4 aromatic rings. The molecule has 3 aliphatic rings. The first kappa shape index (κ1) is 28.4. The Morgan fingerprint density at radius 1 is 1.05 bits per heavy atom. The van der Waals surface area contributed by atoms with Crippen LogP contribution in [-0.2, 0) is 13.2 Å². The number of ether oxygens (including phenoxy) is 1. The zero-order valence-electron chi connectivity index (χ0n) is 24.2. The van der Waals surface area contributed by atoms with E-state index in [2.05, 4.69) is 25.4 Å². The number of carbonyl (C=O) groups is 1. The summed E-state index contributed by atoms with van der Waals surface area (Å²) in [6, 6.07) is 17.6. The second kappa shape index (κ2) is 11.0. The van der Waals surface area contributed by atoms with Crippen LogP contribution in [0.2, 0.25) is 5.02 Å². The summed E-state index contributed by atoms with van der Waals surface area (Å²) in [6.07, 6.45) is 4.50. The number of fused-ring (bicyclic) bond motifs is 1. The molecule has 0 unspecified atom stereocenters. The molecule has 1 N–H and O–H groups in total. The first-order valence-corrected chi connectivity index (χ1v) is 15.3. The van der Waals surface area contributed by atoms with E-state index in [0.717, 1.165) is 74.7 Å². The van der Waals surface area contributed by atoms with Crippen LogP contribution in [0, 0.1) is 28.0 Å². The minimum atomic E-state index is -0.962. The summed E-state index contributed by atoms with van der Waals surface area (Å²) >= 11 is 5.86. The van der Waals surface area contributed by atoms with Crippen molar-refractivity contribution in [3.63, 3.8) is 0 Å². The van der Waals surface area contributed by atoms with E-state index in [9.17, 15) is 19.6 Å². The fourth-order valence-corrected chi connectivity index (χ4v) is 6.75. The number of halogens is 2. The van der Waals surface area contributed by atoms with Crippen LogP contribution in [0.3, 0.4) is 0 Å². The molecule has 0 amide bonds. The van der Waals surface area contributed by atoms with Gasteiger partial charge in [-0.25, -0.2) is 14.2 Å². The van der Waals surface area contributed by atoms with Gasteiger partial charge in [-0.3, -0.25) is 0 Å². The van der Waals surface area contributed by atoms with Crippen LogP contribution >= 0.6 is 11.6 Å². The molecule has 3 fully saturated rings. The zero-order valence-corrected chi connectivity index (χ0v) is 24.9. The van der Waals surface area contributed by atoms with Gasteiger partial charge < -0.3 is 24.2 Å². The van der Waals surface area contributed by atoms with Gasteiger partial charge in [0.1, 0.15) is 18.2 Å². The Bertz CT molecular complexity index is 1780. The number of pyridine rings is 1. The fourth-order valence-electron chi connectivity index (χ4n) is 6.59. The molecular weight excluding hydrogens is 583 g/mol. The van der Waals surface area contributed by atoms with Gasteiger partial charge >= 0.3 is 5.97 Å². The number of hydrogen-bond donors (Lipinski definition) is 1. The number of aromatic carboxylic acids is 1. The number of piperidine rings is 1. The first-order chi connectivity index (χ1) is 21.3. The van der Waals surface area contributed by atoms with Gasteiger partial charge in [-0.15, -0.1) is 0 Å². The lowest BCUT2D eigenvalue weighted by Gasteiger charge is -2.54. The maximum absolute atomic E-state index is 14.2. The van der Waals surface area contributed by atoms with Crippen LogP contribution in [0.15, 0.2) is 54.6 Å². The van der Waals surface area contributed by atoms with Gasteiger partial charge in [0, 0.05) is 66.6 Å². The van der Waals surface area contributed by atoms with Crippen molar-refractivity contribution >= 4 is 40.4 Å². The summed E-state index contributed by atoms with van der Waals surface area (Å²) in [6.45, 7) is 4.22. The van der Waals surface area contributed by atoms with Crippen molar-refractivity contribution in [1.29, 1.82) is 5.26 Å². The largest absolute Gasteiger partial charge is 0.478 e. The highest BCUT2D eigenvalue weighted by Gasteiger charge is 2.48. The molecule has 2 aromatic carbocycles. The molecule has 44 heavy (non-hydrogen) atoms. The smallest absolute Gasteiger partial charge is 0.335 e. The van der Waals surface area contributed by atoms with E-state index in [-0.39, 0.29) is 23.0 Å². The van der Waals surface area contributed by atoms with Crippen molar-refractivity contribution in [3.8, 4) is 11.9 Å². The molecule has 0 radical (unpaired) electrons. The second-order valence-electron chi connectivity index (χ2n) is 12.5. The van der Waals surface area contributed by atoms with E-state index in [4.69, 9.17) is 21.3 Å². The van der Waals surface area contributed by atoms with Crippen LogP contribution in [0.4, 0.5) is 16.2 Å². The molecule has 2 saturated heterocycles. The van der Waals surface area contributed by atoms with Crippen LogP contribution in [0.25, 0.3) is 11.0 Å². The SMILES string of the molecule is N#CCC1(Cn2c(N3CC4(CCN(c5cccc(OCc6ccc(Cl)cc6F)n5)CC4)C3)nc3ccc(C(=O)O)cc32)CC1. The van der Waals surface area contributed by atoms with Crippen LogP contribution in [0.5, 0.6) is 5.88 Å². The molecule has 0 atom stereocenters. The van der Waals surface area contributed by atoms with Gasteiger partial charge in [0.25, 0.3) is 0 Å². The maximum atomic E-state index is 14.2.